The van der Waals surface area contributed by atoms with Crippen molar-refractivity contribution in [1.29, 1.82) is 0 Å². The maximum absolute atomic E-state index is 13.8. The summed E-state index contributed by atoms with van der Waals surface area (Å²) in [4.78, 5) is 32.4. The van der Waals surface area contributed by atoms with E-state index in [9.17, 15) is 18.4 Å². The Bertz CT molecular complexity index is 1170. The van der Waals surface area contributed by atoms with Gasteiger partial charge in [-0.3, -0.25) is 24.1 Å². The van der Waals surface area contributed by atoms with Gasteiger partial charge in [0.15, 0.2) is 11.6 Å². The number of rotatable bonds is 5. The lowest BCUT2D eigenvalue weighted by Gasteiger charge is -2.17. The van der Waals surface area contributed by atoms with Gasteiger partial charge in [-0.15, -0.1) is 0 Å². The SMILES string of the molecule is CC(=O)c1cc(-n2c(C)cc(OCc3ncc(F)cc3F)c(C)c2=O)c(C)cn1. The first-order valence-electron chi connectivity index (χ1n) is 8.83. The first-order chi connectivity index (χ1) is 13.7. The predicted molar refractivity (Wildman–Crippen MR) is 103 cm³/mol. The van der Waals surface area contributed by atoms with E-state index in [0.717, 1.165) is 17.8 Å². The van der Waals surface area contributed by atoms with Gasteiger partial charge in [0.05, 0.1) is 17.4 Å². The molecule has 0 radical (unpaired) electrons. The fourth-order valence-electron chi connectivity index (χ4n) is 2.89. The van der Waals surface area contributed by atoms with Gasteiger partial charge in [-0.2, -0.15) is 0 Å². The van der Waals surface area contributed by atoms with Crippen LogP contribution in [0.3, 0.4) is 0 Å². The maximum atomic E-state index is 13.8. The van der Waals surface area contributed by atoms with Gasteiger partial charge in [-0.1, -0.05) is 0 Å². The summed E-state index contributed by atoms with van der Waals surface area (Å²) in [5.74, 6) is -1.54. The van der Waals surface area contributed by atoms with Crippen LogP contribution >= 0.6 is 0 Å². The Hall–Kier alpha value is -3.42. The molecule has 29 heavy (non-hydrogen) atoms. The van der Waals surface area contributed by atoms with Gasteiger partial charge in [-0.05, 0) is 32.4 Å². The number of carbonyl (C=O) groups excluding carboxylic acids is 1. The van der Waals surface area contributed by atoms with E-state index < -0.39 is 11.6 Å². The zero-order valence-corrected chi connectivity index (χ0v) is 16.4. The smallest absolute Gasteiger partial charge is 0.261 e. The van der Waals surface area contributed by atoms with Gasteiger partial charge in [0.25, 0.3) is 5.56 Å². The predicted octanol–water partition coefficient (Wildman–Crippen LogP) is 3.61. The highest BCUT2D eigenvalue weighted by atomic mass is 19.1. The first kappa shape index (κ1) is 20.3. The summed E-state index contributed by atoms with van der Waals surface area (Å²) in [5, 5.41) is 0. The molecule has 0 N–H and O–H groups in total. The molecule has 3 aromatic rings. The van der Waals surface area contributed by atoms with Crippen LogP contribution in [0.2, 0.25) is 0 Å². The lowest BCUT2D eigenvalue weighted by atomic mass is 10.1. The van der Waals surface area contributed by atoms with E-state index >= 15 is 0 Å². The van der Waals surface area contributed by atoms with Crippen LogP contribution in [0.4, 0.5) is 8.78 Å². The van der Waals surface area contributed by atoms with Crippen LogP contribution in [0.15, 0.2) is 35.4 Å². The molecule has 0 aliphatic rings. The number of Topliss-reactive ketones (excluding diaryl/α,β-unsaturated/α-hetero) is 1. The summed E-state index contributed by atoms with van der Waals surface area (Å²) >= 11 is 0. The van der Waals surface area contributed by atoms with Gasteiger partial charge < -0.3 is 4.74 Å². The van der Waals surface area contributed by atoms with Crippen molar-refractivity contribution >= 4 is 5.78 Å². The molecule has 0 spiro atoms. The molecule has 0 aromatic carbocycles. The molecule has 3 heterocycles. The van der Waals surface area contributed by atoms with E-state index in [1.54, 1.807) is 39.1 Å². The zero-order chi connectivity index (χ0) is 21.3. The van der Waals surface area contributed by atoms with E-state index in [1.807, 2.05) is 0 Å². The van der Waals surface area contributed by atoms with E-state index in [0.29, 0.717) is 16.9 Å². The van der Waals surface area contributed by atoms with Crippen LogP contribution in [0.5, 0.6) is 5.75 Å². The third kappa shape index (κ3) is 4.06. The summed E-state index contributed by atoms with van der Waals surface area (Å²) in [6.07, 6.45) is 2.44. The highest BCUT2D eigenvalue weighted by molar-refractivity contribution is 5.92. The molecule has 8 heteroatoms. The van der Waals surface area contributed by atoms with E-state index in [1.165, 1.54) is 11.5 Å². The molecule has 0 bridgehead atoms. The number of pyridine rings is 3. The third-order valence-corrected chi connectivity index (χ3v) is 4.51. The van der Waals surface area contributed by atoms with E-state index in [2.05, 4.69) is 9.97 Å². The van der Waals surface area contributed by atoms with Gasteiger partial charge in [0.2, 0.25) is 0 Å². The number of ketones is 1. The molecule has 0 aliphatic carbocycles. The van der Waals surface area contributed by atoms with Crippen LogP contribution in [-0.4, -0.2) is 20.3 Å². The van der Waals surface area contributed by atoms with Crippen molar-refractivity contribution in [2.24, 2.45) is 0 Å². The summed E-state index contributed by atoms with van der Waals surface area (Å²) in [5.41, 5.74) is 2.00. The molecule has 6 nitrogen and oxygen atoms in total. The first-order valence-corrected chi connectivity index (χ1v) is 8.83. The Balaban J connectivity index is 2.00. The molecule has 0 aliphatic heterocycles. The number of hydrogen-bond acceptors (Lipinski definition) is 5. The van der Waals surface area contributed by atoms with Crippen molar-refractivity contribution in [1.82, 2.24) is 14.5 Å². The Morgan fingerprint density at radius 1 is 1.10 bits per heavy atom. The molecule has 0 amide bonds. The second-order valence-corrected chi connectivity index (χ2v) is 6.70. The molecule has 0 saturated heterocycles. The highest BCUT2D eigenvalue weighted by Gasteiger charge is 2.16. The minimum atomic E-state index is -0.822. The van der Waals surface area contributed by atoms with Crippen LogP contribution < -0.4 is 10.3 Å². The number of ether oxygens (including phenoxy) is 1. The molecule has 150 valence electrons. The van der Waals surface area contributed by atoms with Gasteiger partial charge in [-0.25, -0.2) is 8.78 Å². The Morgan fingerprint density at radius 2 is 1.83 bits per heavy atom. The lowest BCUT2D eigenvalue weighted by molar-refractivity contribution is 0.101. The summed E-state index contributed by atoms with van der Waals surface area (Å²) in [6, 6.07) is 3.94. The second kappa shape index (κ2) is 7.90. The van der Waals surface area contributed by atoms with Gasteiger partial charge >= 0.3 is 0 Å². The van der Waals surface area contributed by atoms with Gasteiger partial charge in [0, 0.05) is 30.9 Å². The van der Waals surface area contributed by atoms with E-state index in [4.69, 9.17) is 4.74 Å². The summed E-state index contributed by atoms with van der Waals surface area (Å²) in [6.45, 7) is 6.25. The largest absolute Gasteiger partial charge is 0.487 e. The fraction of sp³-hybridized carbons (Fsp3) is 0.238. The number of carbonyl (C=O) groups is 1. The molecule has 3 aromatic heterocycles. The average molecular weight is 399 g/mol. The van der Waals surface area contributed by atoms with Crippen molar-refractivity contribution in [3.05, 3.63) is 80.8 Å². The minimum Gasteiger partial charge on any atom is -0.487 e. The van der Waals surface area contributed by atoms with Crippen molar-refractivity contribution < 1.29 is 18.3 Å². The Kier molecular flexibility index (Phi) is 5.54. The zero-order valence-electron chi connectivity index (χ0n) is 16.4. The van der Waals surface area contributed by atoms with E-state index in [-0.39, 0.29) is 35.1 Å². The number of hydrogen-bond donors (Lipinski definition) is 0. The highest BCUT2D eigenvalue weighted by Crippen LogP contribution is 2.22. The molecule has 0 fully saturated rings. The van der Waals surface area contributed by atoms with Gasteiger partial charge in [0.1, 0.15) is 29.6 Å². The van der Waals surface area contributed by atoms with Crippen molar-refractivity contribution in [2.75, 3.05) is 0 Å². The molecular formula is C21H19F2N3O3. The average Bonchev–Trinajstić information content (AvgIpc) is 2.66. The Morgan fingerprint density at radius 3 is 2.48 bits per heavy atom. The van der Waals surface area contributed by atoms with Crippen LogP contribution in [0.25, 0.3) is 5.69 Å². The number of aromatic nitrogens is 3. The van der Waals surface area contributed by atoms with Crippen molar-refractivity contribution in [2.45, 2.75) is 34.3 Å². The van der Waals surface area contributed by atoms with Crippen LogP contribution in [0.1, 0.15) is 39.9 Å². The quantitative estimate of drug-likeness (QED) is 0.613. The number of nitrogens with zero attached hydrogens (tertiary/aromatic N) is 3. The molecule has 0 unspecified atom stereocenters. The minimum absolute atomic E-state index is 0.0660. The van der Waals surface area contributed by atoms with Crippen molar-refractivity contribution in [3.63, 3.8) is 0 Å². The standard InChI is InChI=1S/C21H19F2N3O3/c1-11-8-24-17(14(4)27)7-19(11)26-12(2)5-20(13(3)21(26)28)29-10-18-16(23)6-15(22)9-25-18/h5-9H,10H2,1-4H3. The second-order valence-electron chi connectivity index (χ2n) is 6.70. The molecular weight excluding hydrogens is 380 g/mol. The molecule has 3 rings (SSSR count). The number of aryl methyl sites for hydroxylation is 2. The third-order valence-electron chi connectivity index (χ3n) is 4.51. The summed E-state index contributed by atoms with van der Waals surface area (Å²) in [7, 11) is 0. The lowest BCUT2D eigenvalue weighted by Crippen LogP contribution is -2.24. The van der Waals surface area contributed by atoms with Crippen molar-refractivity contribution in [3.8, 4) is 11.4 Å². The van der Waals surface area contributed by atoms with Crippen LogP contribution in [-0.2, 0) is 6.61 Å². The fourth-order valence-corrected chi connectivity index (χ4v) is 2.89. The molecule has 0 atom stereocenters. The Labute approximate surface area is 165 Å². The number of halogens is 2. The topological polar surface area (TPSA) is 74.1 Å². The normalized spacial score (nSPS) is 10.8. The molecule has 0 saturated carbocycles. The maximum Gasteiger partial charge on any atom is 0.261 e. The van der Waals surface area contributed by atoms with Crippen LogP contribution in [0, 0.1) is 32.4 Å². The monoisotopic (exact) mass is 399 g/mol. The summed E-state index contributed by atoms with van der Waals surface area (Å²) < 4.78 is 33.8.